The Morgan fingerprint density at radius 1 is 1.06 bits per heavy atom. The minimum Gasteiger partial charge on any atom is -0.289 e. The summed E-state index contributed by atoms with van der Waals surface area (Å²) >= 11 is 0. The molecule has 0 saturated carbocycles. The molecule has 0 atom stereocenters. The number of fused-ring (bicyclic) bond motifs is 1. The van der Waals surface area contributed by atoms with Gasteiger partial charge in [-0.1, -0.05) is 43.0 Å². The highest BCUT2D eigenvalue weighted by molar-refractivity contribution is 6.29. The number of Topliss-reactive ketones (excluding diaryl/α,β-unsaturated/α-hetero) is 2. The molecule has 0 N–H and O–H groups in total. The van der Waals surface area contributed by atoms with E-state index >= 15 is 0 Å². The van der Waals surface area contributed by atoms with Gasteiger partial charge in [-0.05, 0) is 6.42 Å². The van der Waals surface area contributed by atoms with Crippen LogP contribution in [0.5, 0.6) is 0 Å². The predicted octanol–water partition coefficient (Wildman–Crippen LogP) is 3.03. The van der Waals surface area contributed by atoms with Crippen LogP contribution in [-0.4, -0.2) is 11.6 Å². The fourth-order valence-electron chi connectivity index (χ4n) is 2.41. The number of ketones is 2. The lowest BCUT2D eigenvalue weighted by Gasteiger charge is -2.22. The molecule has 0 aromatic heterocycles. The monoisotopic (exact) mass is 234 g/mol. The maximum absolute atomic E-state index is 12.4. The van der Waals surface area contributed by atoms with E-state index in [9.17, 15) is 9.59 Å². The summed E-state index contributed by atoms with van der Waals surface area (Å²) < 4.78 is 0. The first-order valence-electron chi connectivity index (χ1n) is 5.72. The molecule has 2 heteroatoms. The number of carbonyl (C=O) groups is 2. The van der Waals surface area contributed by atoms with Gasteiger partial charge < -0.3 is 0 Å². The molecule has 2 aliphatic carbocycles. The van der Waals surface area contributed by atoms with E-state index in [1.165, 1.54) is 0 Å². The summed E-state index contributed by atoms with van der Waals surface area (Å²) in [7, 11) is 0. The van der Waals surface area contributed by atoms with Crippen molar-refractivity contribution >= 4 is 11.6 Å². The Hall–Kier alpha value is -2.44. The molecule has 18 heavy (non-hydrogen) atoms. The van der Waals surface area contributed by atoms with Gasteiger partial charge in [-0.15, -0.1) is 5.73 Å². The van der Waals surface area contributed by atoms with Gasteiger partial charge in [0.2, 0.25) is 0 Å². The SMILES string of the molecule is C=C=C1CC=CC2=C1C(=O)c1ccccc1C2=O. The molecular weight excluding hydrogens is 224 g/mol. The van der Waals surface area contributed by atoms with Gasteiger partial charge >= 0.3 is 0 Å². The molecule has 0 fully saturated rings. The molecule has 0 unspecified atom stereocenters. The lowest BCUT2D eigenvalue weighted by Crippen LogP contribution is -2.23. The zero-order valence-corrected chi connectivity index (χ0v) is 9.69. The highest BCUT2D eigenvalue weighted by atomic mass is 16.1. The quantitative estimate of drug-likeness (QED) is 0.646. The van der Waals surface area contributed by atoms with E-state index in [4.69, 9.17) is 0 Å². The normalized spacial score (nSPS) is 17.4. The van der Waals surface area contributed by atoms with E-state index in [0.29, 0.717) is 34.3 Å². The van der Waals surface area contributed by atoms with Crippen LogP contribution in [-0.2, 0) is 0 Å². The van der Waals surface area contributed by atoms with E-state index in [1.807, 2.05) is 6.08 Å². The zero-order valence-electron chi connectivity index (χ0n) is 9.69. The van der Waals surface area contributed by atoms with Crippen LogP contribution in [0.3, 0.4) is 0 Å². The van der Waals surface area contributed by atoms with Crippen LogP contribution in [0.2, 0.25) is 0 Å². The second kappa shape index (κ2) is 3.80. The minimum atomic E-state index is -0.101. The van der Waals surface area contributed by atoms with Crippen LogP contribution >= 0.6 is 0 Å². The predicted molar refractivity (Wildman–Crippen MR) is 68.5 cm³/mol. The maximum atomic E-state index is 12.4. The molecule has 0 bridgehead atoms. The summed E-state index contributed by atoms with van der Waals surface area (Å²) in [5.74, 6) is -0.195. The van der Waals surface area contributed by atoms with Crippen LogP contribution < -0.4 is 0 Å². The number of rotatable bonds is 0. The highest BCUT2D eigenvalue weighted by Gasteiger charge is 2.33. The van der Waals surface area contributed by atoms with Crippen LogP contribution in [0.4, 0.5) is 0 Å². The molecule has 0 radical (unpaired) electrons. The molecule has 0 spiro atoms. The average molecular weight is 234 g/mol. The third-order valence-corrected chi connectivity index (χ3v) is 3.28. The topological polar surface area (TPSA) is 34.1 Å². The van der Waals surface area contributed by atoms with Gasteiger partial charge in [0.15, 0.2) is 11.6 Å². The molecule has 3 rings (SSSR count). The molecule has 0 heterocycles. The summed E-state index contributed by atoms with van der Waals surface area (Å²) in [6.45, 7) is 3.60. The molecular formula is C16H10O2. The van der Waals surface area contributed by atoms with Crippen molar-refractivity contribution in [2.45, 2.75) is 6.42 Å². The largest absolute Gasteiger partial charge is 0.289 e. The molecule has 1 aromatic carbocycles. The molecule has 0 aliphatic heterocycles. The molecule has 86 valence electrons. The Labute approximate surface area is 105 Å². The first kappa shape index (κ1) is 10.7. The van der Waals surface area contributed by atoms with Crippen molar-refractivity contribution < 1.29 is 9.59 Å². The Balaban J connectivity index is 2.33. The standard InChI is InChI=1S/C16H10O2/c1-2-10-6-5-9-13-14(10)16(18)12-8-4-3-7-11(12)15(13)17/h3-5,7-9H,1,6H2. The fourth-order valence-corrected chi connectivity index (χ4v) is 2.41. The maximum Gasteiger partial charge on any atom is 0.195 e. The lowest BCUT2D eigenvalue weighted by atomic mass is 9.78. The van der Waals surface area contributed by atoms with Gasteiger partial charge in [0.1, 0.15) is 0 Å². The highest BCUT2D eigenvalue weighted by Crippen LogP contribution is 2.34. The Bertz CT molecular complexity index is 696. The van der Waals surface area contributed by atoms with E-state index < -0.39 is 0 Å². The Morgan fingerprint density at radius 3 is 2.39 bits per heavy atom. The summed E-state index contributed by atoms with van der Waals surface area (Å²) in [4.78, 5) is 24.8. The molecule has 1 aromatic rings. The lowest BCUT2D eigenvalue weighted by molar-refractivity contribution is 0.0979. The third-order valence-electron chi connectivity index (χ3n) is 3.28. The van der Waals surface area contributed by atoms with Crippen molar-refractivity contribution in [1.82, 2.24) is 0 Å². The Morgan fingerprint density at radius 2 is 1.72 bits per heavy atom. The number of hydrogen-bond donors (Lipinski definition) is 0. The van der Waals surface area contributed by atoms with Crippen molar-refractivity contribution in [3.05, 3.63) is 76.6 Å². The second-order valence-corrected chi connectivity index (χ2v) is 4.25. The van der Waals surface area contributed by atoms with Gasteiger partial charge in [-0.25, -0.2) is 0 Å². The molecule has 2 nitrogen and oxygen atoms in total. The van der Waals surface area contributed by atoms with Gasteiger partial charge in [0.25, 0.3) is 0 Å². The van der Waals surface area contributed by atoms with E-state index in [-0.39, 0.29) is 11.6 Å². The van der Waals surface area contributed by atoms with Crippen molar-refractivity contribution in [3.8, 4) is 0 Å². The van der Waals surface area contributed by atoms with E-state index in [1.54, 1.807) is 30.3 Å². The van der Waals surface area contributed by atoms with Crippen molar-refractivity contribution in [3.63, 3.8) is 0 Å². The van der Waals surface area contributed by atoms with Crippen molar-refractivity contribution in [2.75, 3.05) is 0 Å². The summed E-state index contributed by atoms with van der Waals surface area (Å²) in [6.07, 6.45) is 4.20. The van der Waals surface area contributed by atoms with Crippen LogP contribution in [0.1, 0.15) is 27.1 Å². The van der Waals surface area contributed by atoms with Gasteiger partial charge in [-0.3, -0.25) is 9.59 Å². The van der Waals surface area contributed by atoms with E-state index in [0.717, 1.165) is 0 Å². The summed E-state index contributed by atoms with van der Waals surface area (Å²) in [5, 5.41) is 0. The van der Waals surface area contributed by atoms with Crippen LogP contribution in [0, 0.1) is 0 Å². The summed E-state index contributed by atoms with van der Waals surface area (Å²) in [6, 6.07) is 6.93. The minimum absolute atomic E-state index is 0.0936. The zero-order chi connectivity index (χ0) is 12.7. The van der Waals surface area contributed by atoms with E-state index in [2.05, 4.69) is 12.3 Å². The fraction of sp³-hybridized carbons (Fsp3) is 0.0625. The van der Waals surface area contributed by atoms with Gasteiger partial charge in [0, 0.05) is 27.8 Å². The van der Waals surface area contributed by atoms with Gasteiger partial charge in [0.05, 0.1) is 0 Å². The van der Waals surface area contributed by atoms with Crippen LogP contribution in [0.15, 0.2) is 65.4 Å². The Kier molecular flexibility index (Phi) is 2.26. The number of hydrogen-bond acceptors (Lipinski definition) is 2. The molecule has 0 amide bonds. The summed E-state index contributed by atoms with van der Waals surface area (Å²) in [5.41, 5.74) is 5.37. The third kappa shape index (κ3) is 1.30. The number of benzene rings is 1. The average Bonchev–Trinajstić information content (AvgIpc) is 2.44. The first-order valence-corrected chi connectivity index (χ1v) is 5.72. The molecule has 2 aliphatic rings. The molecule has 0 saturated heterocycles. The van der Waals surface area contributed by atoms with Gasteiger partial charge in [-0.2, -0.15) is 0 Å². The number of allylic oxidation sites excluding steroid dienone is 5. The second-order valence-electron chi connectivity index (χ2n) is 4.25. The first-order chi connectivity index (χ1) is 8.74. The van der Waals surface area contributed by atoms with Crippen molar-refractivity contribution in [2.24, 2.45) is 0 Å². The smallest absolute Gasteiger partial charge is 0.195 e. The van der Waals surface area contributed by atoms with Crippen LogP contribution in [0.25, 0.3) is 0 Å². The number of carbonyl (C=O) groups excluding carboxylic acids is 2. The van der Waals surface area contributed by atoms with Crippen molar-refractivity contribution in [1.29, 1.82) is 0 Å².